The summed E-state index contributed by atoms with van der Waals surface area (Å²) in [7, 11) is 0. The van der Waals surface area contributed by atoms with E-state index in [1.165, 1.54) is 5.56 Å². The molecular weight excluding hydrogens is 394 g/mol. The third kappa shape index (κ3) is 4.50. The van der Waals surface area contributed by atoms with Crippen molar-refractivity contribution in [1.82, 2.24) is 24.7 Å². The van der Waals surface area contributed by atoms with Crippen molar-refractivity contribution in [2.45, 2.75) is 32.4 Å². The number of piperazine rings is 1. The molecule has 2 aromatic rings. The molecule has 3 aliphatic heterocycles. The molecular formula is C23H29N5O3. The number of aromatic nitrogens is 2. The zero-order valence-electron chi connectivity index (χ0n) is 18.0. The van der Waals surface area contributed by atoms with Gasteiger partial charge in [-0.1, -0.05) is 6.07 Å². The maximum atomic E-state index is 12.9. The van der Waals surface area contributed by atoms with Crippen LogP contribution in [0.5, 0.6) is 11.5 Å². The molecule has 1 aromatic carbocycles. The topological polar surface area (TPSA) is 71.0 Å². The highest BCUT2D eigenvalue weighted by atomic mass is 16.7. The van der Waals surface area contributed by atoms with Crippen LogP contribution in [0.2, 0.25) is 0 Å². The summed E-state index contributed by atoms with van der Waals surface area (Å²) in [5.74, 6) is 1.68. The number of ether oxygens (including phenoxy) is 2. The lowest BCUT2D eigenvalue weighted by atomic mass is 10.0. The van der Waals surface area contributed by atoms with Gasteiger partial charge in [-0.15, -0.1) is 0 Å². The summed E-state index contributed by atoms with van der Waals surface area (Å²) in [4.78, 5) is 28.3. The Labute approximate surface area is 182 Å². The van der Waals surface area contributed by atoms with Gasteiger partial charge in [-0.05, 0) is 37.5 Å². The molecule has 0 aliphatic carbocycles. The second-order valence-electron chi connectivity index (χ2n) is 8.59. The minimum atomic E-state index is -0.00126. The first-order chi connectivity index (χ1) is 15.2. The summed E-state index contributed by atoms with van der Waals surface area (Å²) in [6, 6.07) is 6.63. The molecule has 0 radical (unpaired) electrons. The first kappa shape index (κ1) is 20.2. The highest BCUT2D eigenvalue weighted by Crippen LogP contribution is 2.33. The number of nitrogens with zero attached hydrogens (tertiary/aromatic N) is 5. The number of rotatable bonds is 4. The summed E-state index contributed by atoms with van der Waals surface area (Å²) >= 11 is 0. The number of piperidine rings is 1. The van der Waals surface area contributed by atoms with Crippen LogP contribution in [-0.2, 0) is 6.54 Å². The van der Waals surface area contributed by atoms with Gasteiger partial charge in [0.1, 0.15) is 5.69 Å². The van der Waals surface area contributed by atoms with Gasteiger partial charge >= 0.3 is 0 Å². The van der Waals surface area contributed by atoms with Gasteiger partial charge in [-0.2, -0.15) is 0 Å². The number of likely N-dealkylation sites (tertiary alicyclic amines) is 1. The average Bonchev–Trinajstić information content (AvgIpc) is 3.28. The van der Waals surface area contributed by atoms with Crippen molar-refractivity contribution in [3.63, 3.8) is 0 Å². The van der Waals surface area contributed by atoms with Gasteiger partial charge < -0.3 is 14.4 Å². The lowest BCUT2D eigenvalue weighted by Gasteiger charge is -2.43. The molecule has 1 aromatic heterocycles. The molecule has 0 unspecified atom stereocenters. The van der Waals surface area contributed by atoms with Crippen LogP contribution in [0.15, 0.2) is 30.6 Å². The van der Waals surface area contributed by atoms with Crippen molar-refractivity contribution >= 4 is 5.91 Å². The second kappa shape index (κ2) is 8.80. The maximum absolute atomic E-state index is 12.9. The summed E-state index contributed by atoms with van der Waals surface area (Å²) < 4.78 is 10.9. The Bertz CT molecular complexity index is 927. The Kier molecular flexibility index (Phi) is 5.74. The average molecular weight is 424 g/mol. The van der Waals surface area contributed by atoms with Crippen molar-refractivity contribution in [1.29, 1.82) is 0 Å². The smallest absolute Gasteiger partial charge is 0.274 e. The number of benzene rings is 1. The second-order valence-corrected chi connectivity index (χ2v) is 8.59. The van der Waals surface area contributed by atoms with Crippen LogP contribution in [0.1, 0.15) is 34.6 Å². The fourth-order valence-electron chi connectivity index (χ4n) is 4.69. The molecule has 164 valence electrons. The normalized spacial score (nSPS) is 22.0. The minimum absolute atomic E-state index is 0.00126. The third-order valence-electron chi connectivity index (χ3n) is 6.45. The molecule has 8 nitrogen and oxygen atoms in total. The number of hydrogen-bond acceptors (Lipinski definition) is 7. The maximum Gasteiger partial charge on any atom is 0.274 e. The van der Waals surface area contributed by atoms with Crippen LogP contribution < -0.4 is 9.47 Å². The lowest BCUT2D eigenvalue weighted by Crippen LogP contribution is -2.55. The Morgan fingerprint density at radius 1 is 1.06 bits per heavy atom. The first-order valence-electron chi connectivity index (χ1n) is 11.1. The molecule has 1 amide bonds. The SMILES string of the molecule is Cc1cnc(C(=O)N2CCC[C@@H](N3CCN(Cc4ccc5c(c4)OCO5)CC3)C2)cn1. The summed E-state index contributed by atoms with van der Waals surface area (Å²) in [5.41, 5.74) is 2.53. The zero-order chi connectivity index (χ0) is 21.2. The van der Waals surface area contributed by atoms with Gasteiger partial charge in [0.15, 0.2) is 11.5 Å². The van der Waals surface area contributed by atoms with Gasteiger partial charge in [0.05, 0.1) is 11.9 Å². The van der Waals surface area contributed by atoms with Crippen LogP contribution in [0.3, 0.4) is 0 Å². The Morgan fingerprint density at radius 3 is 2.71 bits per heavy atom. The molecule has 3 aliphatic rings. The quantitative estimate of drug-likeness (QED) is 0.744. The fourth-order valence-corrected chi connectivity index (χ4v) is 4.69. The largest absolute Gasteiger partial charge is 0.454 e. The standard InChI is InChI=1S/C23H29N5O3/c1-17-12-25-20(13-24-17)23(29)28-6-2-3-19(15-28)27-9-7-26(8-10-27)14-18-4-5-21-22(11-18)31-16-30-21/h4-5,11-13,19H,2-3,6-10,14-16H2,1H3/t19-/m1/s1. The van der Waals surface area contributed by atoms with E-state index in [0.717, 1.165) is 75.8 Å². The van der Waals surface area contributed by atoms with E-state index in [1.807, 2.05) is 17.9 Å². The van der Waals surface area contributed by atoms with Crippen molar-refractivity contribution < 1.29 is 14.3 Å². The zero-order valence-corrected chi connectivity index (χ0v) is 18.0. The molecule has 8 heteroatoms. The lowest BCUT2D eigenvalue weighted by molar-refractivity contribution is 0.0404. The van der Waals surface area contributed by atoms with Crippen LogP contribution in [0.4, 0.5) is 0 Å². The Balaban J connectivity index is 1.14. The van der Waals surface area contributed by atoms with E-state index in [0.29, 0.717) is 18.5 Å². The predicted octanol–water partition coefficient (Wildman–Crippen LogP) is 1.94. The van der Waals surface area contributed by atoms with Gasteiger partial charge in [-0.25, -0.2) is 4.98 Å². The highest BCUT2D eigenvalue weighted by molar-refractivity contribution is 5.92. The van der Waals surface area contributed by atoms with Gasteiger partial charge in [0.25, 0.3) is 5.91 Å². The molecule has 5 rings (SSSR count). The number of carbonyl (C=O) groups is 1. The Hall–Kier alpha value is -2.71. The first-order valence-corrected chi connectivity index (χ1v) is 11.1. The Morgan fingerprint density at radius 2 is 1.90 bits per heavy atom. The summed E-state index contributed by atoms with van der Waals surface area (Å²) in [6.07, 6.45) is 5.43. The van der Waals surface area contributed by atoms with Crippen molar-refractivity contribution in [2.75, 3.05) is 46.1 Å². The minimum Gasteiger partial charge on any atom is -0.454 e. The number of amides is 1. The molecule has 31 heavy (non-hydrogen) atoms. The third-order valence-corrected chi connectivity index (χ3v) is 6.45. The van der Waals surface area contributed by atoms with E-state index in [1.54, 1.807) is 12.4 Å². The predicted molar refractivity (Wildman–Crippen MR) is 115 cm³/mol. The molecule has 4 heterocycles. The molecule has 1 atom stereocenters. The van der Waals surface area contributed by atoms with Gasteiger partial charge in [0, 0.05) is 58.1 Å². The summed E-state index contributed by atoms with van der Waals surface area (Å²) in [6.45, 7) is 8.81. The van der Waals surface area contributed by atoms with Gasteiger partial charge in [-0.3, -0.25) is 19.6 Å². The van der Waals surface area contributed by atoms with E-state index >= 15 is 0 Å². The molecule has 0 N–H and O–H groups in total. The highest BCUT2D eigenvalue weighted by Gasteiger charge is 2.31. The number of fused-ring (bicyclic) bond motifs is 1. The fraction of sp³-hybridized carbons (Fsp3) is 0.522. The molecule has 0 spiro atoms. The monoisotopic (exact) mass is 423 g/mol. The van der Waals surface area contributed by atoms with Crippen LogP contribution >= 0.6 is 0 Å². The van der Waals surface area contributed by atoms with E-state index in [2.05, 4.69) is 31.9 Å². The summed E-state index contributed by atoms with van der Waals surface area (Å²) in [5, 5.41) is 0. The van der Waals surface area contributed by atoms with E-state index in [9.17, 15) is 4.79 Å². The molecule has 0 saturated carbocycles. The van der Waals surface area contributed by atoms with Crippen molar-refractivity contribution in [3.05, 3.63) is 47.5 Å². The van der Waals surface area contributed by atoms with E-state index in [-0.39, 0.29) is 5.91 Å². The molecule has 0 bridgehead atoms. The van der Waals surface area contributed by atoms with E-state index in [4.69, 9.17) is 9.47 Å². The van der Waals surface area contributed by atoms with Crippen molar-refractivity contribution in [2.24, 2.45) is 0 Å². The molecule has 2 fully saturated rings. The van der Waals surface area contributed by atoms with Crippen LogP contribution in [0, 0.1) is 6.92 Å². The number of carbonyl (C=O) groups excluding carboxylic acids is 1. The van der Waals surface area contributed by atoms with Crippen LogP contribution in [-0.4, -0.2) is 82.7 Å². The van der Waals surface area contributed by atoms with Crippen molar-refractivity contribution in [3.8, 4) is 11.5 Å². The number of hydrogen-bond donors (Lipinski definition) is 0. The molecule has 2 saturated heterocycles. The number of aryl methyl sites for hydroxylation is 1. The van der Waals surface area contributed by atoms with Gasteiger partial charge in [0.2, 0.25) is 6.79 Å². The van der Waals surface area contributed by atoms with Crippen LogP contribution in [0.25, 0.3) is 0 Å². The van der Waals surface area contributed by atoms with E-state index < -0.39 is 0 Å².